The number of hydrogen-bond donors (Lipinski definition) is 3. The Kier molecular flexibility index (Phi) is 6.51. The molecule has 2 aromatic carbocycles. The number of benzene rings is 2. The van der Waals surface area contributed by atoms with Crippen molar-refractivity contribution in [3.8, 4) is 11.1 Å². The topological polar surface area (TPSA) is 96.1 Å². The lowest BCUT2D eigenvalue weighted by molar-refractivity contribution is -0.118. The summed E-state index contributed by atoms with van der Waals surface area (Å²) >= 11 is 0. The lowest BCUT2D eigenvalue weighted by atomic mass is 10.0. The van der Waals surface area contributed by atoms with Gasteiger partial charge >= 0.3 is 6.09 Å². The molecule has 0 bridgehead atoms. The smallest absolute Gasteiger partial charge is 0.408 e. The van der Waals surface area contributed by atoms with Gasteiger partial charge in [-0.05, 0) is 44.0 Å². The summed E-state index contributed by atoms with van der Waals surface area (Å²) in [6, 6.07) is 16.2. The number of aromatic nitrogens is 2. The Labute approximate surface area is 175 Å². The van der Waals surface area contributed by atoms with Gasteiger partial charge in [0.05, 0.1) is 6.20 Å². The highest BCUT2D eigenvalue weighted by molar-refractivity contribution is 5.97. The Morgan fingerprint density at radius 3 is 2.50 bits per heavy atom. The number of aromatic amines is 1. The van der Waals surface area contributed by atoms with Crippen molar-refractivity contribution in [1.29, 1.82) is 0 Å². The molecule has 0 saturated heterocycles. The molecule has 30 heavy (non-hydrogen) atoms. The number of alkyl carbamates (subject to hydrolysis) is 1. The van der Waals surface area contributed by atoms with Crippen LogP contribution in [0.25, 0.3) is 11.1 Å². The highest BCUT2D eigenvalue weighted by Gasteiger charge is 2.25. The van der Waals surface area contributed by atoms with Gasteiger partial charge in [-0.2, -0.15) is 5.10 Å². The third kappa shape index (κ3) is 6.20. The fourth-order valence-corrected chi connectivity index (χ4v) is 2.92. The Morgan fingerprint density at radius 2 is 1.83 bits per heavy atom. The van der Waals surface area contributed by atoms with E-state index in [2.05, 4.69) is 20.8 Å². The second-order valence-corrected chi connectivity index (χ2v) is 7.95. The highest BCUT2D eigenvalue weighted by Crippen LogP contribution is 2.21. The number of ether oxygens (including phenoxy) is 1. The van der Waals surface area contributed by atoms with E-state index in [0.717, 1.165) is 16.7 Å². The fraction of sp³-hybridized carbons (Fsp3) is 0.261. The summed E-state index contributed by atoms with van der Waals surface area (Å²) in [5, 5.41) is 12.3. The number of amides is 2. The van der Waals surface area contributed by atoms with Crippen LogP contribution in [0.2, 0.25) is 0 Å². The highest BCUT2D eigenvalue weighted by atomic mass is 16.6. The summed E-state index contributed by atoms with van der Waals surface area (Å²) in [6.07, 6.45) is 3.20. The van der Waals surface area contributed by atoms with Gasteiger partial charge < -0.3 is 15.4 Å². The van der Waals surface area contributed by atoms with Crippen LogP contribution >= 0.6 is 0 Å². The number of rotatable bonds is 6. The van der Waals surface area contributed by atoms with E-state index >= 15 is 0 Å². The van der Waals surface area contributed by atoms with Crippen molar-refractivity contribution in [3.63, 3.8) is 0 Å². The van der Waals surface area contributed by atoms with E-state index in [4.69, 9.17) is 4.74 Å². The zero-order valence-electron chi connectivity index (χ0n) is 17.3. The second kappa shape index (κ2) is 9.26. The SMILES string of the molecule is CC(C)(C)OC(=O)NC(Cc1ccccc1)C(=O)Nc1cccc(-c2cn[nH]c2)c1. The third-order valence-electron chi connectivity index (χ3n) is 4.25. The Balaban J connectivity index is 1.75. The van der Waals surface area contributed by atoms with Crippen LogP contribution in [0.3, 0.4) is 0 Å². The quantitative estimate of drug-likeness (QED) is 0.573. The molecule has 7 heteroatoms. The van der Waals surface area contributed by atoms with Crippen molar-refractivity contribution in [2.45, 2.75) is 38.8 Å². The van der Waals surface area contributed by atoms with E-state index in [0.29, 0.717) is 12.1 Å². The van der Waals surface area contributed by atoms with Crippen LogP contribution in [0.4, 0.5) is 10.5 Å². The Hall–Kier alpha value is -3.61. The molecule has 0 aliphatic heterocycles. The first-order valence-electron chi connectivity index (χ1n) is 9.74. The zero-order valence-corrected chi connectivity index (χ0v) is 17.3. The minimum Gasteiger partial charge on any atom is -0.444 e. The van der Waals surface area contributed by atoms with E-state index in [1.807, 2.05) is 48.5 Å². The maximum absolute atomic E-state index is 13.0. The summed E-state index contributed by atoms with van der Waals surface area (Å²) < 4.78 is 5.33. The number of carbonyl (C=O) groups excluding carboxylic acids is 2. The van der Waals surface area contributed by atoms with Crippen molar-refractivity contribution in [1.82, 2.24) is 15.5 Å². The number of nitrogens with zero attached hydrogens (tertiary/aromatic N) is 1. The summed E-state index contributed by atoms with van der Waals surface area (Å²) in [5.74, 6) is -0.325. The first-order valence-corrected chi connectivity index (χ1v) is 9.74. The predicted molar refractivity (Wildman–Crippen MR) is 116 cm³/mol. The van der Waals surface area contributed by atoms with E-state index in [1.165, 1.54) is 0 Å². The van der Waals surface area contributed by atoms with Crippen LogP contribution in [-0.2, 0) is 16.0 Å². The molecular formula is C23H26N4O3. The van der Waals surface area contributed by atoms with Crippen LogP contribution in [0.5, 0.6) is 0 Å². The number of anilines is 1. The zero-order chi connectivity index (χ0) is 21.6. The minimum absolute atomic E-state index is 0.325. The lowest BCUT2D eigenvalue weighted by Crippen LogP contribution is -2.47. The van der Waals surface area contributed by atoms with Gasteiger partial charge in [-0.1, -0.05) is 42.5 Å². The molecule has 3 N–H and O–H groups in total. The molecule has 0 fully saturated rings. The second-order valence-electron chi connectivity index (χ2n) is 7.95. The van der Waals surface area contributed by atoms with Crippen molar-refractivity contribution in [3.05, 3.63) is 72.6 Å². The van der Waals surface area contributed by atoms with Crippen molar-refractivity contribution in [2.24, 2.45) is 0 Å². The number of hydrogen-bond acceptors (Lipinski definition) is 4. The average molecular weight is 406 g/mol. The van der Waals surface area contributed by atoms with E-state index in [9.17, 15) is 9.59 Å². The molecule has 2 amide bonds. The molecule has 3 rings (SSSR count). The Bertz CT molecular complexity index is 979. The molecule has 0 aliphatic rings. The van der Waals surface area contributed by atoms with Crippen LogP contribution in [0, 0.1) is 0 Å². The molecule has 1 unspecified atom stereocenters. The molecule has 1 atom stereocenters. The minimum atomic E-state index is -0.792. The standard InChI is InChI=1S/C23H26N4O3/c1-23(2,3)30-22(29)27-20(12-16-8-5-4-6-9-16)21(28)26-19-11-7-10-17(13-19)18-14-24-25-15-18/h4-11,13-15,20H,12H2,1-3H3,(H,24,25)(H,26,28)(H,27,29). The molecule has 7 nitrogen and oxygen atoms in total. The molecule has 0 aliphatic carbocycles. The number of H-pyrrole nitrogens is 1. The first-order chi connectivity index (χ1) is 14.3. The van der Waals surface area contributed by atoms with Gasteiger partial charge in [0.1, 0.15) is 11.6 Å². The predicted octanol–water partition coefficient (Wildman–Crippen LogP) is 4.15. The number of carbonyl (C=O) groups is 2. The third-order valence-corrected chi connectivity index (χ3v) is 4.25. The van der Waals surface area contributed by atoms with E-state index in [1.54, 1.807) is 39.2 Å². The van der Waals surface area contributed by atoms with Gasteiger partial charge in [0, 0.05) is 23.9 Å². The van der Waals surface area contributed by atoms with Gasteiger partial charge in [0.15, 0.2) is 0 Å². The van der Waals surface area contributed by atoms with Crippen molar-refractivity contribution < 1.29 is 14.3 Å². The van der Waals surface area contributed by atoms with Gasteiger partial charge in [-0.3, -0.25) is 9.89 Å². The van der Waals surface area contributed by atoms with Gasteiger partial charge in [0.2, 0.25) is 5.91 Å². The molecular weight excluding hydrogens is 380 g/mol. The lowest BCUT2D eigenvalue weighted by Gasteiger charge is -2.23. The first kappa shape index (κ1) is 21.1. The molecule has 0 saturated carbocycles. The summed E-state index contributed by atoms with van der Waals surface area (Å²) in [6.45, 7) is 5.33. The molecule has 1 aromatic heterocycles. The van der Waals surface area contributed by atoms with Crippen LogP contribution in [0.1, 0.15) is 26.3 Å². The van der Waals surface area contributed by atoms with Crippen LogP contribution < -0.4 is 10.6 Å². The summed E-state index contributed by atoms with van der Waals surface area (Å²) in [4.78, 5) is 25.3. The molecule has 1 heterocycles. The number of nitrogens with one attached hydrogen (secondary N) is 3. The van der Waals surface area contributed by atoms with E-state index in [-0.39, 0.29) is 5.91 Å². The Morgan fingerprint density at radius 1 is 1.07 bits per heavy atom. The van der Waals surface area contributed by atoms with Crippen LogP contribution in [0.15, 0.2) is 67.0 Å². The molecule has 3 aromatic rings. The summed E-state index contributed by atoms with van der Waals surface area (Å²) in [7, 11) is 0. The monoisotopic (exact) mass is 406 g/mol. The van der Waals surface area contributed by atoms with Gasteiger partial charge in [-0.15, -0.1) is 0 Å². The van der Waals surface area contributed by atoms with Gasteiger partial charge in [-0.25, -0.2) is 4.79 Å². The van der Waals surface area contributed by atoms with E-state index < -0.39 is 17.7 Å². The molecule has 0 spiro atoms. The van der Waals surface area contributed by atoms with Crippen molar-refractivity contribution >= 4 is 17.7 Å². The molecule has 0 radical (unpaired) electrons. The van der Waals surface area contributed by atoms with Gasteiger partial charge in [0.25, 0.3) is 0 Å². The average Bonchev–Trinajstić information content (AvgIpc) is 3.22. The van der Waals surface area contributed by atoms with Crippen molar-refractivity contribution in [2.75, 3.05) is 5.32 Å². The maximum Gasteiger partial charge on any atom is 0.408 e. The normalized spacial score (nSPS) is 12.1. The van der Waals surface area contributed by atoms with Crippen LogP contribution in [-0.4, -0.2) is 33.8 Å². The fourth-order valence-electron chi connectivity index (χ4n) is 2.92. The maximum atomic E-state index is 13.0. The summed E-state index contributed by atoms with van der Waals surface area (Å²) in [5.41, 5.74) is 2.74. The molecule has 156 valence electrons. The largest absolute Gasteiger partial charge is 0.444 e.